The van der Waals surface area contributed by atoms with E-state index in [4.69, 9.17) is 4.74 Å². The molecule has 1 aromatic rings. The lowest BCUT2D eigenvalue weighted by atomic mass is 9.93. The van der Waals surface area contributed by atoms with Gasteiger partial charge in [-0.2, -0.15) is 0 Å². The normalized spacial score (nSPS) is 11.2. The topological polar surface area (TPSA) is 9.23 Å². The van der Waals surface area contributed by atoms with E-state index in [1.54, 1.807) is 0 Å². The largest absolute Gasteiger partial charge is 0.491 e. The molecule has 0 bridgehead atoms. The van der Waals surface area contributed by atoms with Gasteiger partial charge in [0.25, 0.3) is 0 Å². The van der Waals surface area contributed by atoms with Gasteiger partial charge in [-0.1, -0.05) is 26.8 Å². The molecule has 0 radical (unpaired) electrons. The van der Waals surface area contributed by atoms with Crippen LogP contribution >= 0.6 is 0 Å². The first-order valence-electron chi connectivity index (χ1n) is 6.25. The molecule has 0 spiro atoms. The quantitative estimate of drug-likeness (QED) is 0.727. The van der Waals surface area contributed by atoms with Crippen LogP contribution in [0, 0.1) is 6.92 Å². The van der Waals surface area contributed by atoms with Gasteiger partial charge in [-0.15, -0.1) is 0 Å². The SMILES string of the molecule is CCc1cc(OC(C)C)c(C)cc1C(C)C. The van der Waals surface area contributed by atoms with Crippen LogP contribution in [0.3, 0.4) is 0 Å². The van der Waals surface area contributed by atoms with Crippen molar-refractivity contribution in [3.05, 3.63) is 28.8 Å². The highest BCUT2D eigenvalue weighted by Crippen LogP contribution is 2.28. The van der Waals surface area contributed by atoms with Crippen molar-refractivity contribution in [2.75, 3.05) is 0 Å². The van der Waals surface area contributed by atoms with Crippen LogP contribution < -0.4 is 4.74 Å². The highest BCUT2D eigenvalue weighted by Gasteiger charge is 2.10. The molecule has 0 aliphatic rings. The molecule has 0 fully saturated rings. The summed E-state index contributed by atoms with van der Waals surface area (Å²) < 4.78 is 5.82. The van der Waals surface area contributed by atoms with Crippen molar-refractivity contribution >= 4 is 0 Å². The number of rotatable bonds is 4. The molecule has 1 nitrogen and oxygen atoms in total. The Balaban J connectivity index is 3.15. The summed E-state index contributed by atoms with van der Waals surface area (Å²) in [5.41, 5.74) is 4.11. The summed E-state index contributed by atoms with van der Waals surface area (Å²) in [5.74, 6) is 1.62. The van der Waals surface area contributed by atoms with Crippen LogP contribution in [0.15, 0.2) is 12.1 Å². The van der Waals surface area contributed by atoms with E-state index in [1.807, 2.05) is 0 Å². The molecule has 0 aliphatic carbocycles. The smallest absolute Gasteiger partial charge is 0.122 e. The van der Waals surface area contributed by atoms with Gasteiger partial charge in [0.2, 0.25) is 0 Å². The maximum Gasteiger partial charge on any atom is 0.122 e. The second-order valence-corrected chi connectivity index (χ2v) is 4.99. The van der Waals surface area contributed by atoms with E-state index < -0.39 is 0 Å². The Kier molecular flexibility index (Phi) is 4.40. The van der Waals surface area contributed by atoms with Crippen LogP contribution in [0.4, 0.5) is 0 Å². The molecule has 0 aliphatic heterocycles. The third kappa shape index (κ3) is 3.01. The van der Waals surface area contributed by atoms with Gasteiger partial charge in [0.05, 0.1) is 6.10 Å². The average molecular weight is 220 g/mol. The maximum absolute atomic E-state index is 5.82. The van der Waals surface area contributed by atoms with Crippen LogP contribution in [0.1, 0.15) is 57.2 Å². The van der Waals surface area contributed by atoms with Crippen molar-refractivity contribution in [3.8, 4) is 5.75 Å². The molecular formula is C15H24O. The Bertz CT molecular complexity index is 351. The van der Waals surface area contributed by atoms with Crippen molar-refractivity contribution in [2.24, 2.45) is 0 Å². The van der Waals surface area contributed by atoms with Gasteiger partial charge in [-0.05, 0) is 55.9 Å². The molecule has 0 amide bonds. The minimum atomic E-state index is 0.244. The first-order chi connectivity index (χ1) is 7.45. The van der Waals surface area contributed by atoms with E-state index in [0.717, 1.165) is 12.2 Å². The van der Waals surface area contributed by atoms with Crippen LogP contribution in [0.5, 0.6) is 5.75 Å². The molecule has 0 heterocycles. The van der Waals surface area contributed by atoms with Crippen molar-refractivity contribution < 1.29 is 4.74 Å². The van der Waals surface area contributed by atoms with E-state index in [1.165, 1.54) is 16.7 Å². The molecule has 0 atom stereocenters. The molecule has 1 rings (SSSR count). The molecule has 1 aromatic carbocycles. The lowest BCUT2D eigenvalue weighted by molar-refractivity contribution is 0.240. The number of benzene rings is 1. The Morgan fingerprint density at radius 3 is 2.19 bits per heavy atom. The standard InChI is InChI=1S/C15H24O/c1-7-13-9-15(16-11(4)5)12(6)8-14(13)10(2)3/h8-11H,7H2,1-6H3. The summed E-state index contributed by atoms with van der Waals surface area (Å²) in [5, 5.41) is 0. The number of hydrogen-bond acceptors (Lipinski definition) is 1. The Labute approximate surface area is 99.8 Å². The summed E-state index contributed by atoms with van der Waals surface area (Å²) in [7, 11) is 0. The number of ether oxygens (including phenoxy) is 1. The molecular weight excluding hydrogens is 196 g/mol. The number of hydrogen-bond donors (Lipinski definition) is 0. The minimum Gasteiger partial charge on any atom is -0.491 e. The van der Waals surface area contributed by atoms with Crippen molar-refractivity contribution in [3.63, 3.8) is 0 Å². The zero-order valence-electron chi connectivity index (χ0n) is 11.4. The third-order valence-electron chi connectivity index (χ3n) is 2.80. The lowest BCUT2D eigenvalue weighted by Gasteiger charge is -2.18. The average Bonchev–Trinajstić information content (AvgIpc) is 2.19. The van der Waals surface area contributed by atoms with Crippen LogP contribution in [-0.2, 0) is 6.42 Å². The van der Waals surface area contributed by atoms with E-state index in [9.17, 15) is 0 Å². The highest BCUT2D eigenvalue weighted by atomic mass is 16.5. The van der Waals surface area contributed by atoms with Gasteiger partial charge < -0.3 is 4.74 Å². The summed E-state index contributed by atoms with van der Waals surface area (Å²) in [6.45, 7) is 13.0. The Morgan fingerprint density at radius 2 is 1.75 bits per heavy atom. The lowest BCUT2D eigenvalue weighted by Crippen LogP contribution is -2.08. The summed E-state index contributed by atoms with van der Waals surface area (Å²) in [6.07, 6.45) is 1.32. The molecule has 0 N–H and O–H groups in total. The molecule has 90 valence electrons. The van der Waals surface area contributed by atoms with E-state index in [-0.39, 0.29) is 6.10 Å². The van der Waals surface area contributed by atoms with E-state index in [2.05, 4.69) is 53.7 Å². The predicted octanol–water partition coefficient (Wildman–Crippen LogP) is 4.47. The van der Waals surface area contributed by atoms with Crippen molar-refractivity contribution in [1.29, 1.82) is 0 Å². The highest BCUT2D eigenvalue weighted by molar-refractivity contribution is 5.43. The fraction of sp³-hybridized carbons (Fsp3) is 0.600. The maximum atomic E-state index is 5.82. The number of aryl methyl sites for hydroxylation is 2. The molecule has 0 aromatic heterocycles. The Morgan fingerprint density at radius 1 is 1.12 bits per heavy atom. The van der Waals surface area contributed by atoms with E-state index in [0.29, 0.717) is 5.92 Å². The molecule has 16 heavy (non-hydrogen) atoms. The molecule has 0 saturated carbocycles. The second-order valence-electron chi connectivity index (χ2n) is 4.99. The summed E-state index contributed by atoms with van der Waals surface area (Å²) in [6, 6.07) is 4.49. The first kappa shape index (κ1) is 13.1. The van der Waals surface area contributed by atoms with Gasteiger partial charge in [-0.3, -0.25) is 0 Å². The fourth-order valence-corrected chi connectivity index (χ4v) is 1.98. The predicted molar refractivity (Wildman–Crippen MR) is 70.4 cm³/mol. The third-order valence-corrected chi connectivity index (χ3v) is 2.80. The molecule has 1 heteroatoms. The van der Waals surface area contributed by atoms with Crippen LogP contribution in [0.25, 0.3) is 0 Å². The zero-order chi connectivity index (χ0) is 12.3. The zero-order valence-corrected chi connectivity index (χ0v) is 11.4. The Hall–Kier alpha value is -0.980. The van der Waals surface area contributed by atoms with Crippen molar-refractivity contribution in [2.45, 2.75) is 60.0 Å². The van der Waals surface area contributed by atoms with Gasteiger partial charge >= 0.3 is 0 Å². The first-order valence-corrected chi connectivity index (χ1v) is 6.25. The monoisotopic (exact) mass is 220 g/mol. The summed E-state index contributed by atoms with van der Waals surface area (Å²) in [4.78, 5) is 0. The van der Waals surface area contributed by atoms with Crippen molar-refractivity contribution in [1.82, 2.24) is 0 Å². The van der Waals surface area contributed by atoms with Crippen LogP contribution in [-0.4, -0.2) is 6.10 Å². The van der Waals surface area contributed by atoms with Gasteiger partial charge in [0.1, 0.15) is 5.75 Å². The summed E-state index contributed by atoms with van der Waals surface area (Å²) >= 11 is 0. The molecule has 0 unspecified atom stereocenters. The van der Waals surface area contributed by atoms with Gasteiger partial charge in [0.15, 0.2) is 0 Å². The second kappa shape index (κ2) is 5.38. The fourth-order valence-electron chi connectivity index (χ4n) is 1.98. The van der Waals surface area contributed by atoms with Gasteiger partial charge in [0, 0.05) is 0 Å². The van der Waals surface area contributed by atoms with Crippen LogP contribution in [0.2, 0.25) is 0 Å². The van der Waals surface area contributed by atoms with Gasteiger partial charge in [-0.25, -0.2) is 0 Å². The van der Waals surface area contributed by atoms with E-state index >= 15 is 0 Å². The molecule has 0 saturated heterocycles. The minimum absolute atomic E-state index is 0.244.